The first-order valence-corrected chi connectivity index (χ1v) is 13.3. The number of allylic oxidation sites excluding steroid dienone is 1. The van der Waals surface area contributed by atoms with E-state index in [2.05, 4.69) is 4.98 Å². The lowest BCUT2D eigenvalue weighted by molar-refractivity contribution is -0.160. The Morgan fingerprint density at radius 2 is 1.95 bits per heavy atom. The summed E-state index contributed by atoms with van der Waals surface area (Å²) in [6.07, 6.45) is 0.573. The summed E-state index contributed by atoms with van der Waals surface area (Å²) in [5, 5.41) is 0.550. The molecule has 1 amide bonds. The molecule has 200 valence electrons. The van der Waals surface area contributed by atoms with Crippen molar-refractivity contribution in [2.24, 2.45) is 5.92 Å². The third-order valence-corrected chi connectivity index (χ3v) is 7.94. The minimum absolute atomic E-state index is 0.00891. The zero-order valence-electron chi connectivity index (χ0n) is 20.4. The predicted molar refractivity (Wildman–Crippen MR) is 138 cm³/mol. The van der Waals surface area contributed by atoms with E-state index in [1.165, 1.54) is 11.3 Å². The molecule has 3 aromatic rings. The number of hydrogen-bond donors (Lipinski definition) is 0. The average Bonchev–Trinajstić information content (AvgIpc) is 3.28. The number of ether oxygens (including phenoxy) is 2. The Morgan fingerprint density at radius 3 is 2.68 bits per heavy atom. The Labute approximate surface area is 226 Å². The van der Waals surface area contributed by atoms with Crippen molar-refractivity contribution in [3.05, 3.63) is 58.2 Å². The lowest BCUT2D eigenvalue weighted by Crippen LogP contribution is -2.44. The van der Waals surface area contributed by atoms with Gasteiger partial charge in [-0.15, -0.1) is 11.3 Å². The van der Waals surface area contributed by atoms with E-state index in [1.807, 2.05) is 25.1 Å². The summed E-state index contributed by atoms with van der Waals surface area (Å²) in [7, 11) is 0. The maximum Gasteiger partial charge on any atom is 0.406 e. The molecular formula is C27H24ClF3N2O4S. The van der Waals surface area contributed by atoms with E-state index in [4.69, 9.17) is 21.1 Å². The topological polar surface area (TPSA) is 68.7 Å². The zero-order chi connectivity index (χ0) is 27.0. The number of halogens is 4. The second-order valence-electron chi connectivity index (χ2n) is 9.37. The normalized spacial score (nSPS) is 19.0. The van der Waals surface area contributed by atoms with Gasteiger partial charge in [0.05, 0.1) is 23.4 Å². The fourth-order valence-corrected chi connectivity index (χ4v) is 6.19. The number of carbonyl (C=O) groups excluding carboxylic acids is 2. The van der Waals surface area contributed by atoms with Gasteiger partial charge in [0.25, 0.3) is 0 Å². The van der Waals surface area contributed by atoms with E-state index in [0.29, 0.717) is 39.3 Å². The SMILES string of the molecule is Cc1cc(Cl)cc(-c2ccnc3cc(CC4C(=O)C=CN(CC(F)(F)F)C4=O)sc23)c1OC1CCOCC1. The molecule has 1 atom stereocenters. The van der Waals surface area contributed by atoms with Crippen LogP contribution >= 0.6 is 22.9 Å². The molecule has 2 aromatic heterocycles. The Hall–Kier alpha value is -2.95. The fraction of sp³-hybridized carbons (Fsp3) is 0.370. The number of pyridine rings is 1. The van der Waals surface area contributed by atoms with Gasteiger partial charge < -0.3 is 14.4 Å². The minimum Gasteiger partial charge on any atom is -0.489 e. The van der Waals surface area contributed by atoms with Crippen LogP contribution < -0.4 is 4.74 Å². The van der Waals surface area contributed by atoms with Crippen LogP contribution in [0.4, 0.5) is 13.2 Å². The highest BCUT2D eigenvalue weighted by molar-refractivity contribution is 7.19. The molecule has 0 bridgehead atoms. The van der Waals surface area contributed by atoms with Gasteiger partial charge in [0, 0.05) is 52.7 Å². The van der Waals surface area contributed by atoms with Gasteiger partial charge in [0.1, 0.15) is 24.3 Å². The smallest absolute Gasteiger partial charge is 0.406 e. The molecule has 0 radical (unpaired) electrons. The highest BCUT2D eigenvalue weighted by Gasteiger charge is 2.39. The summed E-state index contributed by atoms with van der Waals surface area (Å²) in [6.45, 7) is 1.76. The summed E-state index contributed by atoms with van der Waals surface area (Å²) >= 11 is 7.78. The highest BCUT2D eigenvalue weighted by atomic mass is 35.5. The van der Waals surface area contributed by atoms with Gasteiger partial charge in [-0.05, 0) is 42.8 Å². The van der Waals surface area contributed by atoms with E-state index in [1.54, 1.807) is 12.3 Å². The number of rotatable bonds is 6. The summed E-state index contributed by atoms with van der Waals surface area (Å²) in [6, 6.07) is 7.31. The molecule has 11 heteroatoms. The van der Waals surface area contributed by atoms with E-state index in [9.17, 15) is 22.8 Å². The lowest BCUT2D eigenvalue weighted by atomic mass is 9.95. The Bertz CT molecular complexity index is 1420. The van der Waals surface area contributed by atoms with Crippen LogP contribution in [0.15, 0.2) is 42.7 Å². The molecule has 6 nitrogen and oxygen atoms in total. The van der Waals surface area contributed by atoms with Crippen LogP contribution in [0.25, 0.3) is 21.3 Å². The van der Waals surface area contributed by atoms with E-state index >= 15 is 0 Å². The molecule has 5 rings (SSSR count). The highest BCUT2D eigenvalue weighted by Crippen LogP contribution is 2.42. The first-order valence-electron chi connectivity index (χ1n) is 12.1. The number of amides is 1. The number of nitrogens with zero attached hydrogens (tertiary/aromatic N) is 2. The van der Waals surface area contributed by atoms with Crippen LogP contribution in [-0.2, 0) is 20.7 Å². The van der Waals surface area contributed by atoms with Crippen molar-refractivity contribution in [1.29, 1.82) is 0 Å². The molecule has 0 spiro atoms. The van der Waals surface area contributed by atoms with Crippen LogP contribution in [0, 0.1) is 12.8 Å². The van der Waals surface area contributed by atoms with Crippen molar-refractivity contribution in [3.8, 4) is 16.9 Å². The van der Waals surface area contributed by atoms with Crippen molar-refractivity contribution in [2.45, 2.75) is 38.5 Å². The maximum atomic E-state index is 12.9. The van der Waals surface area contributed by atoms with Crippen LogP contribution in [0.2, 0.25) is 5.02 Å². The summed E-state index contributed by atoms with van der Waals surface area (Å²) < 4.78 is 51.4. The summed E-state index contributed by atoms with van der Waals surface area (Å²) in [5.74, 6) is -1.89. The average molecular weight is 565 g/mol. The first-order chi connectivity index (χ1) is 18.1. The molecule has 38 heavy (non-hydrogen) atoms. The molecular weight excluding hydrogens is 541 g/mol. The summed E-state index contributed by atoms with van der Waals surface area (Å²) in [4.78, 5) is 30.9. The van der Waals surface area contributed by atoms with Crippen LogP contribution in [-0.4, -0.2) is 53.6 Å². The zero-order valence-corrected chi connectivity index (χ0v) is 22.0. The lowest BCUT2D eigenvalue weighted by Gasteiger charge is -2.27. The van der Waals surface area contributed by atoms with Crippen LogP contribution in [0.5, 0.6) is 5.75 Å². The Morgan fingerprint density at radius 1 is 1.18 bits per heavy atom. The minimum atomic E-state index is -4.57. The molecule has 0 aliphatic carbocycles. The molecule has 0 saturated carbocycles. The van der Waals surface area contributed by atoms with Crippen molar-refractivity contribution < 1.29 is 32.2 Å². The monoisotopic (exact) mass is 564 g/mol. The molecule has 0 N–H and O–H groups in total. The number of carbonyl (C=O) groups is 2. The van der Waals surface area contributed by atoms with Gasteiger partial charge >= 0.3 is 6.18 Å². The molecule has 2 aliphatic rings. The molecule has 1 unspecified atom stereocenters. The number of thiophene rings is 1. The van der Waals surface area contributed by atoms with E-state index in [0.717, 1.165) is 46.5 Å². The van der Waals surface area contributed by atoms with Crippen molar-refractivity contribution in [2.75, 3.05) is 19.8 Å². The largest absolute Gasteiger partial charge is 0.489 e. The number of fused-ring (bicyclic) bond motifs is 1. The predicted octanol–water partition coefficient (Wildman–Crippen LogP) is 6.13. The number of hydrogen-bond acceptors (Lipinski definition) is 6. The number of ketones is 1. The number of aromatic nitrogens is 1. The first kappa shape index (κ1) is 26.6. The quantitative estimate of drug-likeness (QED) is 0.337. The third kappa shape index (κ3) is 5.72. The molecule has 1 fully saturated rings. The van der Waals surface area contributed by atoms with Gasteiger partial charge in [0.15, 0.2) is 5.78 Å². The third-order valence-electron chi connectivity index (χ3n) is 6.54. The second-order valence-corrected chi connectivity index (χ2v) is 10.9. The van der Waals surface area contributed by atoms with Gasteiger partial charge in [-0.3, -0.25) is 14.6 Å². The number of aryl methyl sites for hydroxylation is 1. The Balaban J connectivity index is 1.48. The van der Waals surface area contributed by atoms with Gasteiger partial charge in [-0.2, -0.15) is 13.2 Å². The van der Waals surface area contributed by atoms with Crippen molar-refractivity contribution in [3.63, 3.8) is 0 Å². The number of benzene rings is 1. The van der Waals surface area contributed by atoms with Crippen LogP contribution in [0.3, 0.4) is 0 Å². The maximum absolute atomic E-state index is 12.9. The van der Waals surface area contributed by atoms with Gasteiger partial charge in [0.2, 0.25) is 5.91 Å². The number of alkyl halides is 3. The van der Waals surface area contributed by atoms with Crippen LogP contribution in [0.1, 0.15) is 23.3 Å². The molecule has 2 aliphatic heterocycles. The van der Waals surface area contributed by atoms with E-state index in [-0.39, 0.29) is 12.5 Å². The standard InChI is InChI=1S/C27H24ClF3N2O4S/c1-15-10-16(28)11-20(24(15)37-17-4-8-36-9-5-17)19-2-6-32-22-13-18(38-25(19)22)12-21-23(34)3-7-33(26(21)35)14-27(29,30)31/h2-3,6-7,10-11,13,17,21H,4-5,8-9,12,14H2,1H3. The van der Waals surface area contributed by atoms with Gasteiger partial charge in [-0.25, -0.2) is 0 Å². The van der Waals surface area contributed by atoms with Crippen molar-refractivity contribution >= 4 is 44.8 Å². The van der Waals surface area contributed by atoms with Crippen molar-refractivity contribution in [1.82, 2.24) is 9.88 Å². The van der Waals surface area contributed by atoms with Gasteiger partial charge in [-0.1, -0.05) is 11.6 Å². The summed E-state index contributed by atoms with van der Waals surface area (Å²) in [5.41, 5.74) is 3.16. The molecule has 4 heterocycles. The fourth-order valence-electron chi connectivity index (χ4n) is 4.73. The molecule has 1 saturated heterocycles. The van der Waals surface area contributed by atoms with E-state index < -0.39 is 30.3 Å². The Kier molecular flexibility index (Phi) is 7.48. The molecule has 1 aromatic carbocycles. The second kappa shape index (κ2) is 10.7.